The number of piperidine rings is 4. The molecule has 0 spiro atoms. The van der Waals surface area contributed by atoms with Gasteiger partial charge in [0.1, 0.15) is 18.3 Å². The third-order valence-electron chi connectivity index (χ3n) is 12.1. The Morgan fingerprint density at radius 2 is 0.732 bits per heavy atom. The summed E-state index contributed by atoms with van der Waals surface area (Å²) in [5, 5.41) is 25.0. The van der Waals surface area contributed by atoms with Crippen molar-refractivity contribution in [1.82, 2.24) is 21.3 Å². The Labute approximate surface area is 337 Å². The summed E-state index contributed by atoms with van der Waals surface area (Å²) >= 11 is 0. The Hall–Kier alpha value is -2.28. The van der Waals surface area contributed by atoms with Crippen LogP contribution in [0.4, 0.5) is 0 Å². The summed E-state index contributed by atoms with van der Waals surface area (Å²) in [4.78, 5) is 57.9. The summed E-state index contributed by atoms with van der Waals surface area (Å²) in [6.45, 7) is 33.0. The molecular weight excluding hydrogens is 713 g/mol. The molecule has 0 aromatic carbocycles. The lowest BCUT2D eigenvalue weighted by atomic mass is 9.64. The molecule has 4 aliphatic rings. The van der Waals surface area contributed by atoms with Crippen LogP contribution in [0.15, 0.2) is 0 Å². The van der Waals surface area contributed by atoms with E-state index in [2.05, 4.69) is 104 Å². The zero-order valence-corrected chi connectivity index (χ0v) is 37.7. The average molecular weight is 791 g/mol. The number of hydrogen-bond acceptors (Lipinski definition) is 11. The van der Waals surface area contributed by atoms with Gasteiger partial charge in [0.25, 0.3) is 0 Å². The molecule has 0 aromatic rings. The Bertz CT molecular complexity index is 1420. The maximum atomic E-state index is 15.2. The zero-order valence-electron chi connectivity index (χ0n) is 37.7. The van der Waals surface area contributed by atoms with E-state index < -0.39 is 83.4 Å². The van der Waals surface area contributed by atoms with Crippen molar-refractivity contribution in [1.29, 1.82) is 0 Å². The van der Waals surface area contributed by atoms with Gasteiger partial charge in [0.15, 0.2) is 0 Å². The SMILES string of the molecule is CC1(C)CC(OC(=O)C(CC(=O)O)C(C(=O)OC2CC(C)(C)NC(C)(C)C2)C(C(=O)OC2CC(C)(C)NC(C)(C)C2)C2CC(C)(C)NC(C)(C)C2)CC(C)(C)N1. The molecular formula is C44H78N4O8. The maximum Gasteiger partial charge on any atom is 0.310 e. The fourth-order valence-corrected chi connectivity index (χ4v) is 12.1. The van der Waals surface area contributed by atoms with Crippen LogP contribution in [0.3, 0.4) is 0 Å². The Balaban J connectivity index is 1.86. The van der Waals surface area contributed by atoms with Crippen molar-refractivity contribution in [3.05, 3.63) is 0 Å². The van der Waals surface area contributed by atoms with Crippen molar-refractivity contribution in [3.8, 4) is 0 Å². The zero-order chi connectivity index (χ0) is 42.7. The van der Waals surface area contributed by atoms with Gasteiger partial charge in [-0.05, 0) is 130 Å². The predicted octanol–water partition coefficient (Wildman–Crippen LogP) is 6.42. The number of carbonyl (C=O) groups excluding carboxylic acids is 3. The van der Waals surface area contributed by atoms with E-state index in [1.54, 1.807) is 0 Å². The minimum Gasteiger partial charge on any atom is -0.481 e. The van der Waals surface area contributed by atoms with E-state index in [0.717, 1.165) is 0 Å². The molecule has 4 aliphatic heterocycles. The first-order valence-corrected chi connectivity index (χ1v) is 21.1. The van der Waals surface area contributed by atoms with E-state index in [0.29, 0.717) is 51.4 Å². The van der Waals surface area contributed by atoms with Crippen LogP contribution in [0.25, 0.3) is 0 Å². The molecule has 0 bridgehead atoms. The molecule has 3 unspecified atom stereocenters. The van der Waals surface area contributed by atoms with Crippen molar-refractivity contribution < 1.29 is 38.5 Å². The lowest BCUT2D eigenvalue weighted by molar-refractivity contribution is -0.184. The monoisotopic (exact) mass is 791 g/mol. The second-order valence-electron chi connectivity index (χ2n) is 23.4. The second kappa shape index (κ2) is 15.7. The molecule has 12 heteroatoms. The number of ether oxygens (including phenoxy) is 3. The van der Waals surface area contributed by atoms with Gasteiger partial charge < -0.3 is 40.6 Å². The van der Waals surface area contributed by atoms with E-state index in [-0.39, 0.29) is 33.2 Å². The summed E-state index contributed by atoms with van der Waals surface area (Å²) in [6.07, 6.45) is 1.85. The highest BCUT2D eigenvalue weighted by molar-refractivity contribution is 5.89. The van der Waals surface area contributed by atoms with Gasteiger partial charge >= 0.3 is 23.9 Å². The van der Waals surface area contributed by atoms with E-state index in [4.69, 9.17) is 14.2 Å². The topological polar surface area (TPSA) is 164 Å². The van der Waals surface area contributed by atoms with Gasteiger partial charge in [-0.1, -0.05) is 0 Å². The molecule has 0 amide bonds. The van der Waals surface area contributed by atoms with Crippen molar-refractivity contribution in [2.24, 2.45) is 23.7 Å². The van der Waals surface area contributed by atoms with Crippen LogP contribution in [0.5, 0.6) is 0 Å². The Kier molecular flexibility index (Phi) is 13.0. The molecule has 0 aromatic heterocycles. The van der Waals surface area contributed by atoms with Crippen molar-refractivity contribution in [3.63, 3.8) is 0 Å². The van der Waals surface area contributed by atoms with Crippen LogP contribution >= 0.6 is 0 Å². The molecule has 0 aliphatic carbocycles. The number of carboxylic acids is 1. The molecule has 5 N–H and O–H groups in total. The molecule has 4 saturated heterocycles. The number of carboxylic acid groups (broad SMARTS) is 1. The summed E-state index contributed by atoms with van der Waals surface area (Å²) in [5.74, 6) is -7.99. The van der Waals surface area contributed by atoms with Gasteiger partial charge in [0.05, 0.1) is 24.2 Å². The maximum absolute atomic E-state index is 15.2. The quantitative estimate of drug-likeness (QED) is 0.115. The molecule has 322 valence electrons. The van der Waals surface area contributed by atoms with Gasteiger partial charge in [-0.2, -0.15) is 0 Å². The van der Waals surface area contributed by atoms with E-state index in [1.807, 2.05) is 27.7 Å². The molecule has 3 atom stereocenters. The second-order valence-corrected chi connectivity index (χ2v) is 23.4. The Morgan fingerprint density at radius 3 is 1.04 bits per heavy atom. The molecule has 0 saturated carbocycles. The predicted molar refractivity (Wildman–Crippen MR) is 218 cm³/mol. The van der Waals surface area contributed by atoms with Gasteiger partial charge in [-0.3, -0.25) is 19.2 Å². The smallest absolute Gasteiger partial charge is 0.310 e. The molecule has 4 fully saturated rings. The summed E-state index contributed by atoms with van der Waals surface area (Å²) in [7, 11) is 0. The number of esters is 3. The molecule has 12 nitrogen and oxygen atoms in total. The first kappa shape index (κ1) is 46.4. The van der Waals surface area contributed by atoms with Crippen LogP contribution in [-0.4, -0.2) is 91.6 Å². The van der Waals surface area contributed by atoms with Crippen LogP contribution < -0.4 is 21.3 Å². The highest BCUT2D eigenvalue weighted by Gasteiger charge is 2.55. The molecule has 56 heavy (non-hydrogen) atoms. The van der Waals surface area contributed by atoms with Crippen LogP contribution in [0.2, 0.25) is 0 Å². The summed E-state index contributed by atoms with van der Waals surface area (Å²) < 4.78 is 19.3. The number of hydrogen-bond donors (Lipinski definition) is 5. The Morgan fingerprint density at radius 1 is 0.464 bits per heavy atom. The molecule has 4 heterocycles. The van der Waals surface area contributed by atoms with Gasteiger partial charge in [-0.25, -0.2) is 0 Å². The lowest BCUT2D eigenvalue weighted by Gasteiger charge is -2.50. The standard InChI is InChI=1S/C44H78N4O8/c1-37(2)18-26(19-38(3,4)45-37)32(35(52)55-28-22-41(9,10)47-42(11,12)23-28)33(36(53)56-29-24-43(13,14)48-44(15,16)25-29)30(17-31(49)50)34(51)54-27-20-39(5,6)46-40(7,8)21-27/h26-30,32-33,45-48H,17-25H2,1-16H3,(H,49,50). The largest absolute Gasteiger partial charge is 0.481 e. The van der Waals surface area contributed by atoms with Crippen LogP contribution in [-0.2, 0) is 33.4 Å². The van der Waals surface area contributed by atoms with Gasteiger partial charge in [-0.15, -0.1) is 0 Å². The van der Waals surface area contributed by atoms with Gasteiger partial charge in [0.2, 0.25) is 0 Å². The van der Waals surface area contributed by atoms with E-state index in [1.165, 1.54) is 0 Å². The van der Waals surface area contributed by atoms with E-state index in [9.17, 15) is 14.7 Å². The van der Waals surface area contributed by atoms with Crippen molar-refractivity contribution >= 4 is 23.9 Å². The third-order valence-corrected chi connectivity index (χ3v) is 12.1. The first-order chi connectivity index (χ1) is 25.1. The highest BCUT2D eigenvalue weighted by atomic mass is 16.6. The lowest BCUT2D eigenvalue weighted by Crippen LogP contribution is -2.62. The minimum absolute atomic E-state index is 0.333. The van der Waals surface area contributed by atoms with Crippen molar-refractivity contribution in [2.45, 2.75) is 231 Å². The number of carbonyl (C=O) groups is 4. The fourth-order valence-electron chi connectivity index (χ4n) is 12.1. The highest BCUT2D eigenvalue weighted by Crippen LogP contribution is 2.45. The van der Waals surface area contributed by atoms with Crippen LogP contribution in [0, 0.1) is 23.7 Å². The summed E-state index contributed by atoms with van der Waals surface area (Å²) in [5.41, 5.74) is -3.03. The third kappa shape index (κ3) is 12.9. The molecule has 4 rings (SSSR count). The van der Waals surface area contributed by atoms with E-state index >= 15 is 9.59 Å². The van der Waals surface area contributed by atoms with Crippen LogP contribution in [0.1, 0.15) is 169 Å². The minimum atomic E-state index is -1.50. The normalized spacial score (nSPS) is 28.6. The first-order valence-electron chi connectivity index (χ1n) is 21.1. The average Bonchev–Trinajstić information content (AvgIpc) is 2.87. The number of nitrogens with one attached hydrogen (secondary N) is 4. The number of aliphatic carboxylic acids is 1. The van der Waals surface area contributed by atoms with Crippen molar-refractivity contribution in [2.75, 3.05) is 0 Å². The summed E-state index contributed by atoms with van der Waals surface area (Å²) in [6, 6.07) is 0. The fraction of sp³-hybridized carbons (Fsp3) is 0.909. The van der Waals surface area contributed by atoms with Gasteiger partial charge in [0, 0.05) is 82.8 Å². The molecule has 0 radical (unpaired) electrons. The number of rotatable bonds is 11.